The Kier molecular flexibility index (Phi) is 6.55. The summed E-state index contributed by atoms with van der Waals surface area (Å²) in [6.07, 6.45) is 0.982. The molecule has 0 fully saturated rings. The van der Waals surface area contributed by atoms with E-state index < -0.39 is 0 Å². The lowest BCUT2D eigenvalue weighted by Crippen LogP contribution is -2.18. The van der Waals surface area contributed by atoms with Crippen molar-refractivity contribution in [2.75, 3.05) is 26.1 Å². The maximum atomic E-state index is 5.22. The van der Waals surface area contributed by atoms with Crippen molar-refractivity contribution in [1.29, 1.82) is 0 Å². The van der Waals surface area contributed by atoms with Crippen LogP contribution >= 0.6 is 15.9 Å². The van der Waals surface area contributed by atoms with Gasteiger partial charge in [0.1, 0.15) is 0 Å². The minimum atomic E-state index is 0.375. The van der Waals surface area contributed by atoms with Crippen molar-refractivity contribution in [3.63, 3.8) is 0 Å². The number of ether oxygens (including phenoxy) is 2. The number of hydrogen-bond acceptors (Lipinski definition) is 3. The molecule has 3 nitrogen and oxygen atoms in total. The Morgan fingerprint density at radius 3 is 2.71 bits per heavy atom. The molecule has 0 saturated heterocycles. The molecule has 1 N–H and O–H groups in total. The molecule has 1 aromatic rings. The van der Waals surface area contributed by atoms with Gasteiger partial charge in [0.15, 0.2) is 0 Å². The van der Waals surface area contributed by atoms with E-state index >= 15 is 0 Å². The first-order chi connectivity index (χ1) is 8.19. The largest absolute Gasteiger partial charge is 0.385 e. The molecule has 0 radical (unpaired) electrons. The van der Waals surface area contributed by atoms with Crippen molar-refractivity contribution in [1.82, 2.24) is 0 Å². The van der Waals surface area contributed by atoms with Crippen LogP contribution in [0.1, 0.15) is 18.9 Å². The van der Waals surface area contributed by atoms with E-state index in [-0.39, 0.29) is 0 Å². The molecule has 1 atom stereocenters. The monoisotopic (exact) mass is 301 g/mol. The van der Waals surface area contributed by atoms with Gasteiger partial charge < -0.3 is 14.8 Å². The molecule has 17 heavy (non-hydrogen) atoms. The van der Waals surface area contributed by atoms with Crippen LogP contribution in [0.5, 0.6) is 0 Å². The van der Waals surface area contributed by atoms with Gasteiger partial charge in [0, 0.05) is 42.6 Å². The van der Waals surface area contributed by atoms with Gasteiger partial charge in [-0.05, 0) is 25.5 Å². The molecular formula is C13H20BrNO2. The molecule has 4 heteroatoms. The molecule has 0 aliphatic carbocycles. The van der Waals surface area contributed by atoms with Crippen LogP contribution in [-0.2, 0) is 16.1 Å². The summed E-state index contributed by atoms with van der Waals surface area (Å²) < 4.78 is 11.4. The fraction of sp³-hybridized carbons (Fsp3) is 0.538. The molecule has 0 aliphatic heterocycles. The van der Waals surface area contributed by atoms with Gasteiger partial charge in [-0.2, -0.15) is 0 Å². The van der Waals surface area contributed by atoms with E-state index in [9.17, 15) is 0 Å². The predicted octanol–water partition coefficient (Wildman–Crippen LogP) is 3.43. The first kappa shape index (κ1) is 14.5. The number of nitrogens with one attached hydrogen (secondary N) is 1. The van der Waals surface area contributed by atoms with Gasteiger partial charge >= 0.3 is 0 Å². The van der Waals surface area contributed by atoms with E-state index in [1.807, 2.05) is 12.1 Å². The first-order valence-corrected chi connectivity index (χ1v) is 6.50. The fourth-order valence-electron chi connectivity index (χ4n) is 1.62. The highest BCUT2D eigenvalue weighted by Crippen LogP contribution is 2.26. The summed E-state index contributed by atoms with van der Waals surface area (Å²) in [7, 11) is 3.43. The third-order valence-corrected chi connectivity index (χ3v) is 3.31. The summed E-state index contributed by atoms with van der Waals surface area (Å²) in [5.41, 5.74) is 2.27. The van der Waals surface area contributed by atoms with Gasteiger partial charge in [-0.1, -0.05) is 22.0 Å². The number of anilines is 1. The average Bonchev–Trinajstić information content (AvgIpc) is 2.31. The number of hydrogen-bond donors (Lipinski definition) is 1. The van der Waals surface area contributed by atoms with Crippen LogP contribution in [0.25, 0.3) is 0 Å². The fourth-order valence-corrected chi connectivity index (χ4v) is 2.10. The van der Waals surface area contributed by atoms with Crippen LogP contribution in [0.2, 0.25) is 0 Å². The normalized spacial score (nSPS) is 12.5. The van der Waals surface area contributed by atoms with E-state index in [1.165, 1.54) is 0 Å². The average molecular weight is 302 g/mol. The van der Waals surface area contributed by atoms with Crippen LogP contribution in [-0.4, -0.2) is 26.9 Å². The lowest BCUT2D eigenvalue weighted by Gasteiger charge is -2.18. The molecular weight excluding hydrogens is 282 g/mol. The third kappa shape index (κ3) is 4.66. The van der Waals surface area contributed by atoms with E-state index in [0.717, 1.165) is 28.8 Å². The summed E-state index contributed by atoms with van der Waals surface area (Å²) in [5, 5.41) is 3.48. The topological polar surface area (TPSA) is 30.5 Å². The van der Waals surface area contributed by atoms with Gasteiger partial charge in [-0.3, -0.25) is 0 Å². The highest BCUT2D eigenvalue weighted by Gasteiger charge is 2.09. The summed E-state index contributed by atoms with van der Waals surface area (Å²) in [6.45, 7) is 3.51. The van der Waals surface area contributed by atoms with Crippen molar-refractivity contribution in [2.45, 2.75) is 26.0 Å². The highest BCUT2D eigenvalue weighted by molar-refractivity contribution is 9.10. The zero-order chi connectivity index (χ0) is 12.7. The zero-order valence-electron chi connectivity index (χ0n) is 10.6. The van der Waals surface area contributed by atoms with Gasteiger partial charge in [0.2, 0.25) is 0 Å². The second kappa shape index (κ2) is 7.69. The molecule has 0 saturated carbocycles. The van der Waals surface area contributed by atoms with Gasteiger partial charge in [-0.15, -0.1) is 0 Å². The Labute approximate surface area is 112 Å². The van der Waals surface area contributed by atoms with Crippen LogP contribution in [0, 0.1) is 0 Å². The lowest BCUT2D eigenvalue weighted by atomic mass is 10.1. The standard InChI is InChI=1S/C13H20BrNO2/c1-10(7-8-16-2)15-13-6-4-5-12(14)11(13)9-17-3/h4-6,10,15H,7-9H2,1-3H3. The summed E-state index contributed by atoms with van der Waals surface area (Å²) >= 11 is 3.55. The van der Waals surface area contributed by atoms with E-state index in [4.69, 9.17) is 9.47 Å². The molecule has 1 unspecified atom stereocenters. The molecule has 0 bridgehead atoms. The van der Waals surface area contributed by atoms with E-state index in [0.29, 0.717) is 12.6 Å². The Morgan fingerprint density at radius 2 is 2.06 bits per heavy atom. The van der Waals surface area contributed by atoms with E-state index in [2.05, 4.69) is 34.2 Å². The molecule has 1 aromatic carbocycles. The number of halogens is 1. The Hall–Kier alpha value is -0.580. The zero-order valence-corrected chi connectivity index (χ0v) is 12.2. The molecule has 0 aromatic heterocycles. The Bertz CT molecular complexity index is 344. The maximum Gasteiger partial charge on any atom is 0.0744 e. The van der Waals surface area contributed by atoms with E-state index in [1.54, 1.807) is 14.2 Å². The smallest absolute Gasteiger partial charge is 0.0744 e. The molecule has 0 spiro atoms. The Morgan fingerprint density at radius 1 is 1.29 bits per heavy atom. The second-order valence-corrected chi connectivity index (χ2v) is 4.88. The lowest BCUT2D eigenvalue weighted by molar-refractivity contribution is 0.184. The molecule has 0 amide bonds. The Balaban J connectivity index is 2.72. The number of benzene rings is 1. The van der Waals surface area contributed by atoms with Crippen LogP contribution in [0.15, 0.2) is 22.7 Å². The summed E-state index contributed by atoms with van der Waals surface area (Å²) in [5.74, 6) is 0. The second-order valence-electron chi connectivity index (χ2n) is 4.03. The summed E-state index contributed by atoms with van der Waals surface area (Å²) in [6, 6.07) is 6.50. The molecule has 1 rings (SSSR count). The van der Waals surface area contributed by atoms with Crippen molar-refractivity contribution < 1.29 is 9.47 Å². The van der Waals surface area contributed by atoms with Crippen LogP contribution in [0.3, 0.4) is 0 Å². The SMILES string of the molecule is COCCC(C)Nc1cccc(Br)c1COC. The third-order valence-electron chi connectivity index (χ3n) is 2.56. The van der Waals surface area contributed by atoms with Crippen LogP contribution < -0.4 is 5.32 Å². The van der Waals surface area contributed by atoms with Crippen molar-refractivity contribution >= 4 is 21.6 Å². The van der Waals surface area contributed by atoms with Crippen LogP contribution in [0.4, 0.5) is 5.69 Å². The minimum absolute atomic E-state index is 0.375. The van der Waals surface area contributed by atoms with Gasteiger partial charge in [0.25, 0.3) is 0 Å². The molecule has 0 heterocycles. The maximum absolute atomic E-state index is 5.22. The minimum Gasteiger partial charge on any atom is -0.385 e. The van der Waals surface area contributed by atoms with Gasteiger partial charge in [-0.25, -0.2) is 0 Å². The summed E-state index contributed by atoms with van der Waals surface area (Å²) in [4.78, 5) is 0. The molecule has 96 valence electrons. The quantitative estimate of drug-likeness (QED) is 0.837. The van der Waals surface area contributed by atoms with Crippen molar-refractivity contribution in [2.24, 2.45) is 0 Å². The van der Waals surface area contributed by atoms with Crippen molar-refractivity contribution in [3.05, 3.63) is 28.2 Å². The predicted molar refractivity (Wildman–Crippen MR) is 74.4 cm³/mol. The highest BCUT2D eigenvalue weighted by atomic mass is 79.9. The van der Waals surface area contributed by atoms with Crippen molar-refractivity contribution in [3.8, 4) is 0 Å². The number of rotatable bonds is 7. The first-order valence-electron chi connectivity index (χ1n) is 5.70. The van der Waals surface area contributed by atoms with Gasteiger partial charge in [0.05, 0.1) is 6.61 Å². The molecule has 0 aliphatic rings. The number of methoxy groups -OCH3 is 2.